The molecule has 5 nitrogen and oxygen atoms in total. The highest BCUT2D eigenvalue weighted by atomic mass is 32.2. The number of aromatic nitrogens is 3. The van der Waals surface area contributed by atoms with Gasteiger partial charge in [-0.05, 0) is 24.0 Å². The SMILES string of the molecule is CSc1ccc([C@H]2CC(=O)Nc3ncnn32)cc1. The van der Waals surface area contributed by atoms with E-state index in [0.29, 0.717) is 12.4 Å². The molecule has 0 unspecified atom stereocenters. The van der Waals surface area contributed by atoms with Crippen LogP contribution in [0.1, 0.15) is 18.0 Å². The van der Waals surface area contributed by atoms with Gasteiger partial charge in [0.2, 0.25) is 11.9 Å². The van der Waals surface area contributed by atoms with Gasteiger partial charge < -0.3 is 0 Å². The van der Waals surface area contributed by atoms with Crippen LogP contribution in [0.25, 0.3) is 0 Å². The summed E-state index contributed by atoms with van der Waals surface area (Å²) in [5.41, 5.74) is 1.08. The minimum absolute atomic E-state index is 0.0190. The van der Waals surface area contributed by atoms with Crippen molar-refractivity contribution in [2.75, 3.05) is 11.6 Å². The lowest BCUT2D eigenvalue weighted by atomic mass is 10.0. The zero-order valence-electron chi connectivity index (χ0n) is 9.83. The number of nitrogens with zero attached hydrogens (tertiary/aromatic N) is 3. The Morgan fingerprint density at radius 3 is 2.89 bits per heavy atom. The third-order valence-corrected chi connectivity index (χ3v) is 3.74. The van der Waals surface area contributed by atoms with Gasteiger partial charge in [-0.25, -0.2) is 4.68 Å². The van der Waals surface area contributed by atoms with E-state index >= 15 is 0 Å². The monoisotopic (exact) mass is 260 g/mol. The molecule has 6 heteroatoms. The number of carbonyl (C=O) groups excluding carboxylic acids is 1. The smallest absolute Gasteiger partial charge is 0.229 e. The summed E-state index contributed by atoms with van der Waals surface area (Å²) in [5.74, 6) is 0.500. The van der Waals surface area contributed by atoms with Crippen LogP contribution < -0.4 is 5.32 Å². The summed E-state index contributed by atoms with van der Waals surface area (Å²) in [5, 5.41) is 6.89. The van der Waals surface area contributed by atoms with Crippen molar-refractivity contribution in [3.8, 4) is 0 Å². The van der Waals surface area contributed by atoms with Crippen molar-refractivity contribution in [3.63, 3.8) is 0 Å². The van der Waals surface area contributed by atoms with E-state index in [1.165, 1.54) is 11.2 Å². The zero-order valence-corrected chi connectivity index (χ0v) is 10.6. The van der Waals surface area contributed by atoms with E-state index in [2.05, 4.69) is 27.5 Å². The molecule has 2 aromatic rings. The van der Waals surface area contributed by atoms with E-state index in [1.54, 1.807) is 16.4 Å². The van der Waals surface area contributed by atoms with Gasteiger partial charge in [-0.3, -0.25) is 10.1 Å². The summed E-state index contributed by atoms with van der Waals surface area (Å²) >= 11 is 1.70. The van der Waals surface area contributed by atoms with Crippen molar-refractivity contribution in [1.29, 1.82) is 0 Å². The molecule has 1 aliphatic heterocycles. The lowest BCUT2D eigenvalue weighted by molar-refractivity contribution is -0.117. The van der Waals surface area contributed by atoms with Crippen LogP contribution in [0, 0.1) is 0 Å². The highest BCUT2D eigenvalue weighted by molar-refractivity contribution is 7.98. The average molecular weight is 260 g/mol. The van der Waals surface area contributed by atoms with E-state index in [1.807, 2.05) is 18.4 Å². The molecule has 1 atom stereocenters. The Morgan fingerprint density at radius 1 is 1.39 bits per heavy atom. The maximum absolute atomic E-state index is 11.6. The largest absolute Gasteiger partial charge is 0.295 e. The predicted molar refractivity (Wildman–Crippen MR) is 69.6 cm³/mol. The van der Waals surface area contributed by atoms with Crippen molar-refractivity contribution in [3.05, 3.63) is 36.2 Å². The van der Waals surface area contributed by atoms with Crippen molar-refractivity contribution in [2.24, 2.45) is 0 Å². The Morgan fingerprint density at radius 2 is 2.17 bits per heavy atom. The number of hydrogen-bond donors (Lipinski definition) is 1. The van der Waals surface area contributed by atoms with Gasteiger partial charge in [0.05, 0.1) is 12.5 Å². The lowest BCUT2D eigenvalue weighted by Crippen LogP contribution is -2.29. The van der Waals surface area contributed by atoms with Gasteiger partial charge in [0.1, 0.15) is 6.33 Å². The Labute approximate surface area is 109 Å². The van der Waals surface area contributed by atoms with Gasteiger partial charge in [0, 0.05) is 4.90 Å². The summed E-state index contributed by atoms with van der Waals surface area (Å²) in [6.07, 6.45) is 3.90. The van der Waals surface area contributed by atoms with Crippen LogP contribution in [-0.4, -0.2) is 26.9 Å². The van der Waals surface area contributed by atoms with Crippen LogP contribution in [0.4, 0.5) is 5.95 Å². The first-order chi connectivity index (χ1) is 8.78. The number of rotatable bonds is 2. The Bertz CT molecular complexity index is 578. The molecule has 18 heavy (non-hydrogen) atoms. The van der Waals surface area contributed by atoms with E-state index < -0.39 is 0 Å². The maximum Gasteiger partial charge on any atom is 0.229 e. The van der Waals surface area contributed by atoms with Crippen molar-refractivity contribution >= 4 is 23.6 Å². The number of benzene rings is 1. The number of amides is 1. The number of nitrogens with one attached hydrogen (secondary N) is 1. The normalized spacial score (nSPS) is 18.3. The Hall–Kier alpha value is -1.82. The molecule has 0 aliphatic carbocycles. The third-order valence-electron chi connectivity index (χ3n) is 3.00. The van der Waals surface area contributed by atoms with Gasteiger partial charge >= 0.3 is 0 Å². The van der Waals surface area contributed by atoms with E-state index in [-0.39, 0.29) is 11.9 Å². The molecule has 0 saturated carbocycles. The van der Waals surface area contributed by atoms with E-state index in [4.69, 9.17) is 0 Å². The highest BCUT2D eigenvalue weighted by Gasteiger charge is 2.27. The quantitative estimate of drug-likeness (QED) is 0.838. The van der Waals surface area contributed by atoms with Gasteiger partial charge in [0.25, 0.3) is 0 Å². The van der Waals surface area contributed by atoms with Crippen LogP contribution >= 0.6 is 11.8 Å². The molecule has 1 aromatic heterocycles. The van der Waals surface area contributed by atoms with Crippen LogP contribution in [0.3, 0.4) is 0 Å². The molecular weight excluding hydrogens is 248 g/mol. The number of carbonyl (C=O) groups is 1. The Kier molecular flexibility index (Phi) is 2.79. The van der Waals surface area contributed by atoms with E-state index in [9.17, 15) is 4.79 Å². The fourth-order valence-electron chi connectivity index (χ4n) is 2.09. The molecule has 92 valence electrons. The molecule has 1 amide bonds. The molecule has 1 aromatic carbocycles. The first-order valence-corrected chi connectivity index (χ1v) is 6.83. The molecule has 0 bridgehead atoms. The van der Waals surface area contributed by atoms with Gasteiger partial charge in [-0.2, -0.15) is 10.1 Å². The summed E-state index contributed by atoms with van der Waals surface area (Å²) in [4.78, 5) is 16.9. The predicted octanol–water partition coefficient (Wildman–Crippen LogP) is 1.93. The standard InChI is InChI=1S/C12H12N4OS/c1-18-9-4-2-8(3-5-9)10-6-11(17)15-12-13-7-14-16(10)12/h2-5,7,10H,6H2,1H3,(H,13,14,15,17)/t10-/m1/s1. The van der Waals surface area contributed by atoms with Crippen LogP contribution in [0.5, 0.6) is 0 Å². The maximum atomic E-state index is 11.6. The van der Waals surface area contributed by atoms with Crippen LogP contribution in [0.2, 0.25) is 0 Å². The molecule has 1 N–H and O–H groups in total. The van der Waals surface area contributed by atoms with Gasteiger partial charge in [-0.15, -0.1) is 11.8 Å². The number of fused-ring (bicyclic) bond motifs is 1. The van der Waals surface area contributed by atoms with Crippen molar-refractivity contribution < 1.29 is 4.79 Å². The van der Waals surface area contributed by atoms with Crippen LogP contribution in [0.15, 0.2) is 35.5 Å². The molecule has 0 radical (unpaired) electrons. The van der Waals surface area contributed by atoms with Gasteiger partial charge in [-0.1, -0.05) is 12.1 Å². The molecule has 0 fully saturated rings. The summed E-state index contributed by atoms with van der Waals surface area (Å²) in [7, 11) is 0. The molecule has 1 aliphatic rings. The second-order valence-electron chi connectivity index (χ2n) is 4.07. The number of thioether (sulfide) groups is 1. The minimum atomic E-state index is -0.0628. The fourth-order valence-corrected chi connectivity index (χ4v) is 2.50. The first kappa shape index (κ1) is 11.3. The Balaban J connectivity index is 1.99. The fraction of sp³-hybridized carbons (Fsp3) is 0.250. The van der Waals surface area contributed by atoms with Crippen LogP contribution in [-0.2, 0) is 4.79 Å². The zero-order chi connectivity index (χ0) is 12.5. The number of hydrogen-bond acceptors (Lipinski definition) is 4. The number of anilines is 1. The summed E-state index contributed by atoms with van der Waals surface area (Å²) in [6.45, 7) is 0. The molecule has 0 saturated heterocycles. The summed E-state index contributed by atoms with van der Waals surface area (Å²) < 4.78 is 1.76. The van der Waals surface area contributed by atoms with Gasteiger partial charge in [0.15, 0.2) is 0 Å². The third kappa shape index (κ3) is 1.88. The average Bonchev–Trinajstić information content (AvgIpc) is 2.86. The second kappa shape index (κ2) is 4.45. The highest BCUT2D eigenvalue weighted by Crippen LogP contribution is 2.29. The molecular formula is C12H12N4OS. The minimum Gasteiger partial charge on any atom is -0.295 e. The van der Waals surface area contributed by atoms with E-state index in [0.717, 1.165) is 5.56 Å². The molecule has 3 rings (SSSR count). The summed E-state index contributed by atoms with van der Waals surface area (Å²) in [6, 6.07) is 8.14. The first-order valence-electron chi connectivity index (χ1n) is 5.61. The topological polar surface area (TPSA) is 59.8 Å². The van der Waals surface area contributed by atoms with Crippen molar-refractivity contribution in [1.82, 2.24) is 14.8 Å². The lowest BCUT2D eigenvalue weighted by Gasteiger charge is -2.23. The van der Waals surface area contributed by atoms with Crippen molar-refractivity contribution in [2.45, 2.75) is 17.4 Å². The second-order valence-corrected chi connectivity index (χ2v) is 4.95. The molecule has 2 heterocycles. The molecule has 0 spiro atoms.